The highest BCUT2D eigenvalue weighted by atomic mass is 32.2. The zero-order valence-electron chi connectivity index (χ0n) is 15.8. The van der Waals surface area contributed by atoms with E-state index in [1.807, 2.05) is 32.9 Å². The summed E-state index contributed by atoms with van der Waals surface area (Å²) in [4.78, 5) is 26.1. The lowest BCUT2D eigenvalue weighted by Crippen LogP contribution is -2.56. The minimum atomic E-state index is -0.525. The molecule has 26 heavy (non-hydrogen) atoms. The van der Waals surface area contributed by atoms with E-state index in [1.165, 1.54) is 10.5 Å². The lowest BCUT2D eigenvalue weighted by atomic mass is 9.96. The molecule has 1 aromatic carbocycles. The zero-order valence-corrected chi connectivity index (χ0v) is 16.6. The summed E-state index contributed by atoms with van der Waals surface area (Å²) in [7, 11) is 0. The number of carbonyl (C=O) groups is 2. The Morgan fingerprint density at radius 2 is 1.92 bits per heavy atom. The van der Waals surface area contributed by atoms with Crippen LogP contribution in [0.2, 0.25) is 0 Å². The fourth-order valence-corrected chi connectivity index (χ4v) is 4.82. The Morgan fingerprint density at radius 1 is 1.23 bits per heavy atom. The fourth-order valence-electron chi connectivity index (χ4n) is 3.62. The topological polar surface area (TPSA) is 67.4 Å². The molecule has 1 heterocycles. The number of fused-ring (bicyclic) bond motifs is 1. The maximum atomic E-state index is 12.9. The van der Waals surface area contributed by atoms with E-state index < -0.39 is 11.7 Å². The summed E-state index contributed by atoms with van der Waals surface area (Å²) in [5, 5.41) is 6.02. The van der Waals surface area contributed by atoms with E-state index in [4.69, 9.17) is 4.74 Å². The van der Waals surface area contributed by atoms with Crippen LogP contribution in [0.25, 0.3) is 0 Å². The Balaban J connectivity index is 1.58. The van der Waals surface area contributed by atoms with Gasteiger partial charge >= 0.3 is 6.09 Å². The number of thioether (sulfide) groups is 1. The van der Waals surface area contributed by atoms with Gasteiger partial charge in [0.2, 0.25) is 5.91 Å². The molecule has 142 valence electrons. The number of hydrogen-bond donors (Lipinski definition) is 2. The molecule has 2 N–H and O–H groups in total. The number of rotatable bonds is 4. The first-order valence-electron chi connectivity index (χ1n) is 9.30. The van der Waals surface area contributed by atoms with Crippen molar-refractivity contribution in [2.45, 2.75) is 74.2 Å². The van der Waals surface area contributed by atoms with Gasteiger partial charge in [-0.05, 0) is 51.7 Å². The standard InChI is InChI=1S/C20H28N2O3S/c1-19(2,3)25-18(24)21-13-20(10-6-7-11-20)22-17(23)16-12-14-8-4-5-9-15(14)26-16/h4-5,8-9,16H,6-7,10-13H2,1-3H3,(H,21,24)(H,22,23). The second-order valence-corrected chi connectivity index (χ2v) is 9.50. The Labute approximate surface area is 159 Å². The van der Waals surface area contributed by atoms with Crippen molar-refractivity contribution >= 4 is 23.8 Å². The van der Waals surface area contributed by atoms with E-state index in [2.05, 4.69) is 22.8 Å². The van der Waals surface area contributed by atoms with Crippen LogP contribution in [-0.4, -0.2) is 34.9 Å². The van der Waals surface area contributed by atoms with Crippen molar-refractivity contribution in [3.63, 3.8) is 0 Å². The molecule has 1 saturated carbocycles. The summed E-state index contributed by atoms with van der Waals surface area (Å²) >= 11 is 1.63. The molecule has 1 aliphatic heterocycles. The molecule has 2 aliphatic rings. The Morgan fingerprint density at radius 3 is 2.58 bits per heavy atom. The number of benzene rings is 1. The molecule has 0 bridgehead atoms. The molecule has 1 atom stereocenters. The third-order valence-corrected chi connectivity index (χ3v) is 6.18. The highest BCUT2D eigenvalue weighted by Gasteiger charge is 2.39. The number of hydrogen-bond acceptors (Lipinski definition) is 4. The van der Waals surface area contributed by atoms with Gasteiger partial charge in [0.05, 0.1) is 10.8 Å². The summed E-state index contributed by atoms with van der Waals surface area (Å²) in [5.74, 6) is 0.0686. The second-order valence-electron chi connectivity index (χ2n) is 8.25. The van der Waals surface area contributed by atoms with Crippen LogP contribution < -0.4 is 10.6 Å². The predicted molar refractivity (Wildman–Crippen MR) is 103 cm³/mol. The van der Waals surface area contributed by atoms with Gasteiger partial charge in [-0.1, -0.05) is 31.0 Å². The van der Waals surface area contributed by atoms with Crippen molar-refractivity contribution in [2.24, 2.45) is 0 Å². The number of nitrogens with one attached hydrogen (secondary N) is 2. The molecule has 3 rings (SSSR count). The van der Waals surface area contributed by atoms with Crippen LogP contribution in [0.4, 0.5) is 4.79 Å². The molecule has 1 unspecified atom stereocenters. The van der Waals surface area contributed by atoms with Crippen molar-refractivity contribution in [2.75, 3.05) is 6.54 Å². The first-order chi connectivity index (χ1) is 12.3. The molecule has 0 spiro atoms. The second kappa shape index (κ2) is 7.51. The summed E-state index contributed by atoms with van der Waals surface area (Å²) < 4.78 is 5.32. The van der Waals surface area contributed by atoms with Gasteiger partial charge in [0.1, 0.15) is 5.60 Å². The molecule has 1 aliphatic carbocycles. The molecule has 0 aromatic heterocycles. The van der Waals surface area contributed by atoms with Gasteiger partial charge in [0, 0.05) is 11.4 Å². The summed E-state index contributed by atoms with van der Waals surface area (Å²) in [6.07, 6.45) is 4.24. The van der Waals surface area contributed by atoms with Crippen LogP contribution in [0.1, 0.15) is 52.0 Å². The third kappa shape index (κ3) is 4.72. The van der Waals surface area contributed by atoms with Gasteiger partial charge in [-0.3, -0.25) is 4.79 Å². The Kier molecular flexibility index (Phi) is 5.51. The molecular weight excluding hydrogens is 348 g/mol. The lowest BCUT2D eigenvalue weighted by Gasteiger charge is -2.32. The molecule has 0 radical (unpaired) electrons. The first kappa shape index (κ1) is 19.1. The fraction of sp³-hybridized carbons (Fsp3) is 0.600. The van der Waals surface area contributed by atoms with Crippen LogP contribution in [0.3, 0.4) is 0 Å². The van der Waals surface area contributed by atoms with Crippen LogP contribution in [-0.2, 0) is 16.0 Å². The van der Waals surface area contributed by atoms with E-state index in [9.17, 15) is 9.59 Å². The number of alkyl carbamates (subject to hydrolysis) is 1. The van der Waals surface area contributed by atoms with Crippen LogP contribution in [0.5, 0.6) is 0 Å². The van der Waals surface area contributed by atoms with E-state index in [0.29, 0.717) is 6.54 Å². The first-order valence-corrected chi connectivity index (χ1v) is 10.2. The van der Waals surface area contributed by atoms with E-state index in [0.717, 1.165) is 32.1 Å². The molecule has 0 saturated heterocycles. The maximum Gasteiger partial charge on any atom is 0.407 e. The monoisotopic (exact) mass is 376 g/mol. The molecular formula is C20H28N2O3S. The number of carbonyl (C=O) groups excluding carboxylic acids is 2. The van der Waals surface area contributed by atoms with Gasteiger partial charge in [0.25, 0.3) is 0 Å². The van der Waals surface area contributed by atoms with Crippen molar-refractivity contribution in [3.8, 4) is 0 Å². The quantitative estimate of drug-likeness (QED) is 0.842. The summed E-state index contributed by atoms with van der Waals surface area (Å²) in [6, 6.07) is 8.19. The zero-order chi connectivity index (χ0) is 18.8. The van der Waals surface area contributed by atoms with Crippen LogP contribution in [0.15, 0.2) is 29.2 Å². The maximum absolute atomic E-state index is 12.9. The van der Waals surface area contributed by atoms with E-state index in [1.54, 1.807) is 11.8 Å². The average molecular weight is 377 g/mol. The van der Waals surface area contributed by atoms with Gasteiger partial charge in [-0.2, -0.15) is 0 Å². The van der Waals surface area contributed by atoms with Gasteiger partial charge < -0.3 is 15.4 Å². The third-order valence-electron chi connectivity index (χ3n) is 4.86. The molecule has 5 nitrogen and oxygen atoms in total. The predicted octanol–water partition coefficient (Wildman–Crippen LogP) is 3.66. The smallest absolute Gasteiger partial charge is 0.407 e. The van der Waals surface area contributed by atoms with Crippen LogP contribution in [0, 0.1) is 0 Å². The minimum Gasteiger partial charge on any atom is -0.444 e. The van der Waals surface area contributed by atoms with Crippen molar-refractivity contribution < 1.29 is 14.3 Å². The minimum absolute atomic E-state index is 0.0686. The molecule has 1 aromatic rings. The number of ether oxygens (including phenoxy) is 1. The van der Waals surface area contributed by atoms with E-state index >= 15 is 0 Å². The van der Waals surface area contributed by atoms with Gasteiger partial charge in [-0.25, -0.2) is 4.79 Å². The SMILES string of the molecule is CC(C)(C)OC(=O)NCC1(NC(=O)C2Cc3ccccc3S2)CCCC1. The highest BCUT2D eigenvalue weighted by molar-refractivity contribution is 8.01. The Bertz CT molecular complexity index is 653. The van der Waals surface area contributed by atoms with Gasteiger partial charge in [-0.15, -0.1) is 11.8 Å². The molecule has 2 amide bonds. The van der Waals surface area contributed by atoms with Crippen molar-refractivity contribution in [1.29, 1.82) is 0 Å². The lowest BCUT2D eigenvalue weighted by molar-refractivity contribution is -0.122. The van der Waals surface area contributed by atoms with Crippen molar-refractivity contribution in [3.05, 3.63) is 29.8 Å². The van der Waals surface area contributed by atoms with E-state index in [-0.39, 0.29) is 16.7 Å². The largest absolute Gasteiger partial charge is 0.444 e. The number of amides is 2. The average Bonchev–Trinajstić information content (AvgIpc) is 3.18. The summed E-state index contributed by atoms with van der Waals surface area (Å²) in [6.45, 7) is 5.94. The van der Waals surface area contributed by atoms with Gasteiger partial charge in [0.15, 0.2) is 0 Å². The highest BCUT2D eigenvalue weighted by Crippen LogP contribution is 2.38. The van der Waals surface area contributed by atoms with Crippen LogP contribution >= 0.6 is 11.8 Å². The summed E-state index contributed by atoms with van der Waals surface area (Å²) in [5.41, 5.74) is 0.358. The molecule has 1 fully saturated rings. The molecule has 6 heteroatoms. The van der Waals surface area contributed by atoms with Crippen molar-refractivity contribution in [1.82, 2.24) is 10.6 Å². The Hall–Kier alpha value is -1.69. The normalized spacial score (nSPS) is 21.1.